The lowest BCUT2D eigenvalue weighted by atomic mass is 9.84. The van der Waals surface area contributed by atoms with Crippen LogP contribution in [-0.4, -0.2) is 35.7 Å². The molecule has 0 aromatic carbocycles. The van der Waals surface area contributed by atoms with Crippen LogP contribution in [0, 0.1) is 5.41 Å². The maximum absolute atomic E-state index is 11.9. The highest BCUT2D eigenvalue weighted by molar-refractivity contribution is 5.87. The summed E-state index contributed by atoms with van der Waals surface area (Å²) in [5.41, 5.74) is 4.92. The molecule has 1 heterocycles. The minimum Gasteiger partial charge on any atom is -0.368 e. The number of carbonyl (C=O) groups is 2. The van der Waals surface area contributed by atoms with Gasteiger partial charge in [0.15, 0.2) is 5.78 Å². The molecule has 1 unspecified atom stereocenters. The van der Waals surface area contributed by atoms with Gasteiger partial charge in [-0.2, -0.15) is 0 Å². The smallest absolute Gasteiger partial charge is 0.234 e. The number of rotatable bonds is 5. The Morgan fingerprint density at radius 3 is 2.40 bits per heavy atom. The highest BCUT2D eigenvalue weighted by atomic mass is 16.2. The van der Waals surface area contributed by atoms with Crippen molar-refractivity contribution in [2.45, 2.75) is 39.7 Å². The van der Waals surface area contributed by atoms with Gasteiger partial charge in [0, 0.05) is 12.0 Å². The molecule has 1 aliphatic heterocycles. The minimum atomic E-state index is -0.316. The molecule has 1 aliphatic rings. The SMILES string of the molecule is CCC(C)(C)C(=O)CN1CCC1C(N)=O. The minimum absolute atomic E-state index is 0.191. The molecule has 0 spiro atoms. The lowest BCUT2D eigenvalue weighted by molar-refractivity contribution is -0.134. The zero-order chi connectivity index (χ0) is 11.6. The Morgan fingerprint density at radius 1 is 1.47 bits per heavy atom. The fourth-order valence-electron chi connectivity index (χ4n) is 1.55. The van der Waals surface area contributed by atoms with Gasteiger partial charge < -0.3 is 5.73 Å². The van der Waals surface area contributed by atoms with Gasteiger partial charge in [0.25, 0.3) is 0 Å². The summed E-state index contributed by atoms with van der Waals surface area (Å²) in [6.07, 6.45) is 1.61. The number of Topliss-reactive ketones (excluding diaryl/α,β-unsaturated/α-hetero) is 1. The largest absolute Gasteiger partial charge is 0.368 e. The molecule has 0 bridgehead atoms. The Bertz CT molecular complexity index is 274. The van der Waals surface area contributed by atoms with E-state index in [2.05, 4.69) is 0 Å². The Labute approximate surface area is 90.8 Å². The molecule has 1 amide bonds. The zero-order valence-electron chi connectivity index (χ0n) is 9.75. The summed E-state index contributed by atoms with van der Waals surface area (Å²) in [5.74, 6) is -0.126. The van der Waals surface area contributed by atoms with Gasteiger partial charge >= 0.3 is 0 Å². The van der Waals surface area contributed by atoms with Crippen LogP contribution >= 0.6 is 0 Å². The van der Waals surface area contributed by atoms with E-state index in [-0.39, 0.29) is 23.1 Å². The molecule has 15 heavy (non-hydrogen) atoms. The number of primary amides is 1. The highest BCUT2D eigenvalue weighted by Gasteiger charge is 2.36. The fraction of sp³-hybridized carbons (Fsp3) is 0.818. The van der Waals surface area contributed by atoms with E-state index in [1.807, 2.05) is 25.7 Å². The first-order valence-corrected chi connectivity index (χ1v) is 5.45. The Hall–Kier alpha value is -0.900. The quantitative estimate of drug-likeness (QED) is 0.724. The van der Waals surface area contributed by atoms with E-state index in [0.29, 0.717) is 6.54 Å². The predicted octanol–water partition coefficient (Wildman–Crippen LogP) is 0.551. The van der Waals surface area contributed by atoms with Crippen LogP contribution < -0.4 is 5.73 Å². The number of ketones is 1. The van der Waals surface area contributed by atoms with Crippen molar-refractivity contribution in [1.29, 1.82) is 0 Å². The molecule has 1 atom stereocenters. The van der Waals surface area contributed by atoms with Crippen LogP contribution in [0.1, 0.15) is 33.6 Å². The van der Waals surface area contributed by atoms with Crippen LogP contribution in [-0.2, 0) is 9.59 Å². The van der Waals surface area contributed by atoms with Gasteiger partial charge in [0.05, 0.1) is 12.6 Å². The normalized spacial score (nSPS) is 22.2. The van der Waals surface area contributed by atoms with E-state index in [1.54, 1.807) is 0 Å². The average molecular weight is 212 g/mol. The number of hydrogen-bond donors (Lipinski definition) is 1. The molecule has 0 saturated carbocycles. The number of amides is 1. The lowest BCUT2D eigenvalue weighted by Crippen LogP contribution is -2.57. The second-order valence-corrected chi connectivity index (χ2v) is 4.84. The van der Waals surface area contributed by atoms with Crippen LogP contribution in [0.15, 0.2) is 0 Å². The molecule has 2 N–H and O–H groups in total. The Balaban J connectivity index is 2.49. The summed E-state index contributed by atoms with van der Waals surface area (Å²) in [5, 5.41) is 0. The number of nitrogens with zero attached hydrogens (tertiary/aromatic N) is 1. The first kappa shape index (κ1) is 12.2. The predicted molar refractivity (Wildman–Crippen MR) is 58.3 cm³/mol. The monoisotopic (exact) mass is 212 g/mol. The van der Waals surface area contributed by atoms with Crippen molar-refractivity contribution in [2.24, 2.45) is 11.1 Å². The second kappa shape index (κ2) is 4.31. The number of nitrogens with two attached hydrogens (primary N) is 1. The Morgan fingerprint density at radius 2 is 2.07 bits per heavy atom. The molecule has 1 rings (SSSR count). The average Bonchev–Trinajstić information content (AvgIpc) is 2.10. The summed E-state index contributed by atoms with van der Waals surface area (Å²) < 4.78 is 0. The third-order valence-corrected chi connectivity index (χ3v) is 3.44. The van der Waals surface area contributed by atoms with Gasteiger partial charge in [0.2, 0.25) is 5.91 Å². The van der Waals surface area contributed by atoms with Crippen molar-refractivity contribution >= 4 is 11.7 Å². The van der Waals surface area contributed by atoms with E-state index in [4.69, 9.17) is 5.73 Å². The molecule has 4 nitrogen and oxygen atoms in total. The van der Waals surface area contributed by atoms with Crippen molar-refractivity contribution < 1.29 is 9.59 Å². The van der Waals surface area contributed by atoms with Gasteiger partial charge in [-0.05, 0) is 12.8 Å². The molecule has 1 fully saturated rings. The van der Waals surface area contributed by atoms with Crippen molar-refractivity contribution in [2.75, 3.05) is 13.1 Å². The van der Waals surface area contributed by atoms with E-state index in [9.17, 15) is 9.59 Å². The third kappa shape index (κ3) is 2.56. The summed E-state index contributed by atoms with van der Waals surface area (Å²) in [4.78, 5) is 24.7. The number of likely N-dealkylation sites (tertiary alicyclic amines) is 1. The summed E-state index contributed by atoms with van der Waals surface area (Å²) in [6.45, 7) is 7.04. The van der Waals surface area contributed by atoms with E-state index >= 15 is 0 Å². The van der Waals surface area contributed by atoms with Crippen molar-refractivity contribution in [3.8, 4) is 0 Å². The molecule has 4 heteroatoms. The topological polar surface area (TPSA) is 63.4 Å². The maximum atomic E-state index is 11.9. The van der Waals surface area contributed by atoms with E-state index in [0.717, 1.165) is 19.4 Å². The number of carbonyl (C=O) groups excluding carboxylic acids is 2. The van der Waals surface area contributed by atoms with Gasteiger partial charge in [0.1, 0.15) is 0 Å². The van der Waals surface area contributed by atoms with Crippen molar-refractivity contribution in [3.05, 3.63) is 0 Å². The van der Waals surface area contributed by atoms with E-state index in [1.165, 1.54) is 0 Å². The van der Waals surface area contributed by atoms with Gasteiger partial charge in [-0.1, -0.05) is 20.8 Å². The van der Waals surface area contributed by atoms with E-state index < -0.39 is 0 Å². The first-order chi connectivity index (χ1) is 6.88. The highest BCUT2D eigenvalue weighted by Crippen LogP contribution is 2.24. The Kier molecular flexibility index (Phi) is 3.50. The molecule has 0 aromatic heterocycles. The third-order valence-electron chi connectivity index (χ3n) is 3.44. The summed E-state index contributed by atoms with van der Waals surface area (Å²) in [7, 11) is 0. The standard InChI is InChI=1S/C11H20N2O2/c1-4-11(2,3)9(14)7-13-6-5-8(13)10(12)15/h8H,4-7H2,1-3H3,(H2,12,15). The molecular weight excluding hydrogens is 192 g/mol. The fourth-order valence-corrected chi connectivity index (χ4v) is 1.55. The maximum Gasteiger partial charge on any atom is 0.234 e. The van der Waals surface area contributed by atoms with Crippen LogP contribution in [0.3, 0.4) is 0 Å². The summed E-state index contributed by atoms with van der Waals surface area (Å²) >= 11 is 0. The molecule has 86 valence electrons. The van der Waals surface area contributed by atoms with Gasteiger partial charge in [-0.25, -0.2) is 0 Å². The van der Waals surface area contributed by atoms with Crippen molar-refractivity contribution in [3.63, 3.8) is 0 Å². The van der Waals surface area contributed by atoms with Gasteiger partial charge in [-0.3, -0.25) is 14.5 Å². The van der Waals surface area contributed by atoms with Crippen LogP contribution in [0.4, 0.5) is 0 Å². The zero-order valence-corrected chi connectivity index (χ0v) is 9.75. The van der Waals surface area contributed by atoms with Crippen LogP contribution in [0.5, 0.6) is 0 Å². The summed E-state index contributed by atoms with van der Waals surface area (Å²) in [6, 6.07) is -0.221. The molecular formula is C11H20N2O2. The number of hydrogen-bond acceptors (Lipinski definition) is 3. The molecule has 0 aliphatic carbocycles. The van der Waals surface area contributed by atoms with Crippen molar-refractivity contribution in [1.82, 2.24) is 4.90 Å². The van der Waals surface area contributed by atoms with Crippen LogP contribution in [0.2, 0.25) is 0 Å². The molecule has 1 saturated heterocycles. The van der Waals surface area contributed by atoms with Crippen LogP contribution in [0.25, 0.3) is 0 Å². The first-order valence-electron chi connectivity index (χ1n) is 5.45. The lowest BCUT2D eigenvalue weighted by Gasteiger charge is -2.39. The molecule has 0 aromatic rings. The molecule has 0 radical (unpaired) electrons. The second-order valence-electron chi connectivity index (χ2n) is 4.84. The van der Waals surface area contributed by atoms with Gasteiger partial charge in [-0.15, -0.1) is 0 Å².